The highest BCUT2D eigenvalue weighted by atomic mass is 16.5. The predicted octanol–water partition coefficient (Wildman–Crippen LogP) is 3.54. The van der Waals surface area contributed by atoms with E-state index in [0.717, 1.165) is 13.2 Å². The predicted molar refractivity (Wildman–Crippen MR) is 79.5 cm³/mol. The van der Waals surface area contributed by atoms with Gasteiger partial charge in [-0.2, -0.15) is 0 Å². The van der Waals surface area contributed by atoms with Crippen molar-refractivity contribution in [2.75, 3.05) is 6.61 Å². The number of hydrogen-bond donors (Lipinski definition) is 1. The van der Waals surface area contributed by atoms with Crippen LogP contribution in [0.15, 0.2) is 48.5 Å². The Morgan fingerprint density at radius 3 is 2.40 bits per heavy atom. The molecule has 20 heavy (non-hydrogen) atoms. The number of aryl methyl sites for hydroxylation is 1. The lowest BCUT2D eigenvalue weighted by atomic mass is 9.97. The molecule has 0 saturated heterocycles. The zero-order valence-electron chi connectivity index (χ0n) is 11.5. The largest absolute Gasteiger partial charge is 0.375 e. The Bertz CT molecular complexity index is 622. The zero-order chi connectivity index (χ0) is 13.4. The first-order valence-corrected chi connectivity index (χ1v) is 7.41. The number of rotatable bonds is 2. The van der Waals surface area contributed by atoms with Crippen LogP contribution in [0, 0.1) is 0 Å². The van der Waals surface area contributed by atoms with E-state index in [1.165, 1.54) is 35.1 Å². The van der Waals surface area contributed by atoms with Gasteiger partial charge in [-0.05, 0) is 35.1 Å². The third-order valence-electron chi connectivity index (χ3n) is 4.51. The molecule has 2 heteroatoms. The molecule has 1 aliphatic heterocycles. The van der Waals surface area contributed by atoms with Crippen LogP contribution >= 0.6 is 0 Å². The molecule has 2 aromatic carbocycles. The highest BCUT2D eigenvalue weighted by Gasteiger charge is 2.27. The molecule has 1 N–H and O–H groups in total. The lowest BCUT2D eigenvalue weighted by molar-refractivity contribution is 0.0784. The SMILES string of the molecule is c1ccc2c(c1)CCC2NC1COCc2ccccc21. The van der Waals surface area contributed by atoms with Crippen molar-refractivity contribution >= 4 is 0 Å². The van der Waals surface area contributed by atoms with Gasteiger partial charge in [-0.1, -0.05) is 48.5 Å². The van der Waals surface area contributed by atoms with Gasteiger partial charge in [0, 0.05) is 6.04 Å². The molecule has 4 rings (SSSR count). The van der Waals surface area contributed by atoms with Crippen LogP contribution in [0.3, 0.4) is 0 Å². The van der Waals surface area contributed by atoms with Gasteiger partial charge in [0.1, 0.15) is 0 Å². The minimum absolute atomic E-state index is 0.316. The number of benzene rings is 2. The lowest BCUT2D eigenvalue weighted by Gasteiger charge is -2.29. The Kier molecular flexibility index (Phi) is 3.06. The summed E-state index contributed by atoms with van der Waals surface area (Å²) in [5, 5.41) is 3.81. The van der Waals surface area contributed by atoms with Gasteiger partial charge >= 0.3 is 0 Å². The fourth-order valence-corrected chi connectivity index (χ4v) is 3.49. The second-order valence-corrected chi connectivity index (χ2v) is 5.72. The van der Waals surface area contributed by atoms with Crippen LogP contribution in [-0.2, 0) is 17.8 Å². The molecule has 0 saturated carbocycles. The van der Waals surface area contributed by atoms with E-state index >= 15 is 0 Å². The first kappa shape index (κ1) is 12.1. The van der Waals surface area contributed by atoms with Crippen LogP contribution in [0.4, 0.5) is 0 Å². The summed E-state index contributed by atoms with van der Waals surface area (Å²) in [4.78, 5) is 0. The van der Waals surface area contributed by atoms with E-state index in [9.17, 15) is 0 Å². The van der Waals surface area contributed by atoms with Crippen LogP contribution in [0.2, 0.25) is 0 Å². The molecule has 0 fully saturated rings. The lowest BCUT2D eigenvalue weighted by Crippen LogP contribution is -2.32. The maximum atomic E-state index is 5.74. The average Bonchev–Trinajstić information content (AvgIpc) is 2.91. The number of nitrogens with one attached hydrogen (secondary N) is 1. The van der Waals surface area contributed by atoms with Crippen molar-refractivity contribution in [2.24, 2.45) is 0 Å². The summed E-state index contributed by atoms with van der Waals surface area (Å²) >= 11 is 0. The summed E-state index contributed by atoms with van der Waals surface area (Å²) in [5.74, 6) is 0. The Labute approximate surface area is 119 Å². The quantitative estimate of drug-likeness (QED) is 0.897. The molecule has 1 heterocycles. The van der Waals surface area contributed by atoms with Crippen molar-refractivity contribution < 1.29 is 4.74 Å². The molecule has 2 atom stereocenters. The topological polar surface area (TPSA) is 21.3 Å². The van der Waals surface area contributed by atoms with Crippen molar-refractivity contribution in [3.63, 3.8) is 0 Å². The third kappa shape index (κ3) is 2.05. The fraction of sp³-hybridized carbons (Fsp3) is 0.333. The number of ether oxygens (including phenoxy) is 1. The van der Waals surface area contributed by atoms with Crippen molar-refractivity contribution in [3.8, 4) is 0 Å². The molecule has 1 aliphatic carbocycles. The number of fused-ring (bicyclic) bond motifs is 2. The second kappa shape index (κ2) is 5.04. The second-order valence-electron chi connectivity index (χ2n) is 5.72. The van der Waals surface area contributed by atoms with E-state index in [0.29, 0.717) is 12.1 Å². The van der Waals surface area contributed by atoms with Crippen LogP contribution in [0.1, 0.15) is 40.8 Å². The Hall–Kier alpha value is -1.64. The van der Waals surface area contributed by atoms with E-state index < -0.39 is 0 Å². The molecule has 2 nitrogen and oxygen atoms in total. The maximum Gasteiger partial charge on any atom is 0.0721 e. The van der Waals surface area contributed by atoms with Gasteiger partial charge in [0.05, 0.1) is 19.3 Å². The molecule has 0 bridgehead atoms. The van der Waals surface area contributed by atoms with Gasteiger partial charge in [-0.25, -0.2) is 0 Å². The van der Waals surface area contributed by atoms with Crippen LogP contribution in [-0.4, -0.2) is 6.61 Å². The first-order valence-electron chi connectivity index (χ1n) is 7.41. The minimum Gasteiger partial charge on any atom is -0.375 e. The van der Waals surface area contributed by atoms with E-state index in [-0.39, 0.29) is 0 Å². The van der Waals surface area contributed by atoms with E-state index in [2.05, 4.69) is 53.8 Å². The molecule has 2 unspecified atom stereocenters. The van der Waals surface area contributed by atoms with Gasteiger partial charge in [0.2, 0.25) is 0 Å². The van der Waals surface area contributed by atoms with Crippen molar-refractivity contribution in [2.45, 2.75) is 31.5 Å². The summed E-state index contributed by atoms with van der Waals surface area (Å²) in [6.45, 7) is 1.52. The molecule has 0 radical (unpaired) electrons. The smallest absolute Gasteiger partial charge is 0.0721 e. The van der Waals surface area contributed by atoms with Gasteiger partial charge in [-0.15, -0.1) is 0 Å². The maximum absolute atomic E-state index is 5.74. The summed E-state index contributed by atoms with van der Waals surface area (Å²) in [6, 6.07) is 18.2. The Morgan fingerprint density at radius 2 is 1.55 bits per heavy atom. The summed E-state index contributed by atoms with van der Waals surface area (Å²) in [6.07, 6.45) is 2.38. The fourth-order valence-electron chi connectivity index (χ4n) is 3.49. The van der Waals surface area contributed by atoms with Crippen LogP contribution in [0.25, 0.3) is 0 Å². The van der Waals surface area contributed by atoms with Gasteiger partial charge in [0.15, 0.2) is 0 Å². The van der Waals surface area contributed by atoms with E-state index in [4.69, 9.17) is 4.74 Å². The highest BCUT2D eigenvalue weighted by Crippen LogP contribution is 2.34. The molecule has 2 aromatic rings. The van der Waals surface area contributed by atoms with Gasteiger partial charge < -0.3 is 10.1 Å². The summed E-state index contributed by atoms with van der Waals surface area (Å²) < 4.78 is 5.74. The van der Waals surface area contributed by atoms with Crippen molar-refractivity contribution in [1.82, 2.24) is 5.32 Å². The standard InChI is InChI=1S/C18H19NO/c1-3-7-15-13(5-1)9-10-17(15)19-18-12-20-11-14-6-2-4-8-16(14)18/h1-8,17-19H,9-12H2. The van der Waals surface area contributed by atoms with Crippen molar-refractivity contribution in [1.29, 1.82) is 0 Å². The summed E-state index contributed by atoms with van der Waals surface area (Å²) in [5.41, 5.74) is 5.69. The summed E-state index contributed by atoms with van der Waals surface area (Å²) in [7, 11) is 0. The molecule has 0 amide bonds. The van der Waals surface area contributed by atoms with E-state index in [1.54, 1.807) is 0 Å². The first-order chi connectivity index (χ1) is 9.92. The van der Waals surface area contributed by atoms with Gasteiger partial charge in [-0.3, -0.25) is 0 Å². The normalized spacial score (nSPS) is 24.2. The Morgan fingerprint density at radius 1 is 0.850 bits per heavy atom. The molecule has 0 aromatic heterocycles. The number of hydrogen-bond acceptors (Lipinski definition) is 2. The van der Waals surface area contributed by atoms with Crippen molar-refractivity contribution in [3.05, 3.63) is 70.8 Å². The molecular formula is C18H19NO. The van der Waals surface area contributed by atoms with Gasteiger partial charge in [0.25, 0.3) is 0 Å². The highest BCUT2D eigenvalue weighted by molar-refractivity contribution is 5.36. The van der Waals surface area contributed by atoms with Crippen LogP contribution < -0.4 is 5.32 Å². The zero-order valence-corrected chi connectivity index (χ0v) is 11.5. The monoisotopic (exact) mass is 265 g/mol. The third-order valence-corrected chi connectivity index (χ3v) is 4.51. The van der Waals surface area contributed by atoms with Crippen LogP contribution in [0.5, 0.6) is 0 Å². The molecular weight excluding hydrogens is 246 g/mol. The Balaban J connectivity index is 1.59. The average molecular weight is 265 g/mol. The molecule has 2 aliphatic rings. The van der Waals surface area contributed by atoms with E-state index in [1.807, 2.05) is 0 Å². The minimum atomic E-state index is 0.316. The molecule has 102 valence electrons. The molecule has 0 spiro atoms.